The summed E-state index contributed by atoms with van der Waals surface area (Å²) in [6.45, 7) is 4.37. The van der Waals surface area contributed by atoms with Gasteiger partial charge in [0.15, 0.2) is 0 Å². The van der Waals surface area contributed by atoms with Crippen molar-refractivity contribution in [3.05, 3.63) is 0 Å². The Kier molecular flexibility index (Phi) is 8.56. The number of hydrogen-bond acceptors (Lipinski definition) is 3. The third-order valence-electron chi connectivity index (χ3n) is 1.60. The molecule has 0 atom stereocenters. The van der Waals surface area contributed by atoms with Gasteiger partial charge in [0.2, 0.25) is 0 Å². The quantitative estimate of drug-likeness (QED) is 0.335. The van der Waals surface area contributed by atoms with Gasteiger partial charge in [0.05, 0.1) is 0 Å². The van der Waals surface area contributed by atoms with E-state index >= 15 is 0 Å². The van der Waals surface area contributed by atoms with E-state index in [9.17, 15) is 0 Å². The summed E-state index contributed by atoms with van der Waals surface area (Å²) in [6.07, 6.45) is 2.89. The van der Waals surface area contributed by atoms with Crippen LogP contribution in [0.3, 0.4) is 0 Å². The number of unbranched alkanes of at least 4 members (excludes halogenated alkanes) is 1. The summed E-state index contributed by atoms with van der Waals surface area (Å²) in [6, 6.07) is 0. The predicted molar refractivity (Wildman–Crippen MR) is 49.6 cm³/mol. The molecule has 0 rings (SSSR count). The highest BCUT2D eigenvalue weighted by Crippen LogP contribution is 2.10. The maximum absolute atomic E-state index is 8.48. The SMILES string of the molecule is CC(C)(CCCCO)NN.Cl. The minimum absolute atomic E-state index is 0. The van der Waals surface area contributed by atoms with Crippen LogP contribution in [0.5, 0.6) is 0 Å². The highest BCUT2D eigenvalue weighted by atomic mass is 35.5. The Morgan fingerprint density at radius 3 is 2.27 bits per heavy atom. The van der Waals surface area contributed by atoms with Gasteiger partial charge < -0.3 is 5.11 Å². The van der Waals surface area contributed by atoms with Crippen LogP contribution in [-0.4, -0.2) is 17.3 Å². The zero-order chi connectivity index (χ0) is 8.04. The molecule has 0 spiro atoms. The monoisotopic (exact) mass is 182 g/mol. The van der Waals surface area contributed by atoms with E-state index in [1.54, 1.807) is 0 Å². The maximum Gasteiger partial charge on any atom is 0.0431 e. The first kappa shape index (κ1) is 13.7. The van der Waals surface area contributed by atoms with Crippen LogP contribution < -0.4 is 11.3 Å². The number of hydrogen-bond donors (Lipinski definition) is 3. The van der Waals surface area contributed by atoms with Crippen molar-refractivity contribution in [1.82, 2.24) is 5.43 Å². The third kappa shape index (κ3) is 8.07. The van der Waals surface area contributed by atoms with Gasteiger partial charge in [-0.15, -0.1) is 12.4 Å². The lowest BCUT2D eigenvalue weighted by atomic mass is 9.99. The highest BCUT2D eigenvalue weighted by Gasteiger charge is 2.13. The topological polar surface area (TPSA) is 58.3 Å². The third-order valence-corrected chi connectivity index (χ3v) is 1.60. The van der Waals surface area contributed by atoms with Crippen LogP contribution in [0.15, 0.2) is 0 Å². The van der Waals surface area contributed by atoms with E-state index in [0.717, 1.165) is 19.3 Å². The molecule has 4 heteroatoms. The van der Waals surface area contributed by atoms with Crippen molar-refractivity contribution in [2.24, 2.45) is 5.84 Å². The smallest absolute Gasteiger partial charge is 0.0431 e. The number of rotatable bonds is 5. The van der Waals surface area contributed by atoms with Crippen molar-refractivity contribution in [2.75, 3.05) is 6.61 Å². The summed E-state index contributed by atoms with van der Waals surface area (Å²) >= 11 is 0. The van der Waals surface area contributed by atoms with E-state index in [2.05, 4.69) is 5.43 Å². The van der Waals surface area contributed by atoms with Crippen LogP contribution in [0.25, 0.3) is 0 Å². The Bertz CT molecular complexity index is 88.5. The normalized spacial score (nSPS) is 10.9. The molecule has 0 saturated heterocycles. The molecule has 0 aliphatic rings. The van der Waals surface area contributed by atoms with Gasteiger partial charge in [0.1, 0.15) is 0 Å². The van der Waals surface area contributed by atoms with E-state index in [-0.39, 0.29) is 24.6 Å². The second-order valence-electron chi connectivity index (χ2n) is 3.21. The highest BCUT2D eigenvalue weighted by molar-refractivity contribution is 5.85. The molecule has 0 aliphatic carbocycles. The van der Waals surface area contributed by atoms with Gasteiger partial charge in [-0.2, -0.15) is 0 Å². The maximum atomic E-state index is 8.48. The van der Waals surface area contributed by atoms with Crippen LogP contribution in [0.2, 0.25) is 0 Å². The fourth-order valence-corrected chi connectivity index (χ4v) is 0.751. The van der Waals surface area contributed by atoms with Crippen molar-refractivity contribution >= 4 is 12.4 Å². The lowest BCUT2D eigenvalue weighted by Crippen LogP contribution is -2.43. The Labute approximate surface area is 74.7 Å². The Balaban J connectivity index is 0. The molecule has 0 aromatic heterocycles. The van der Waals surface area contributed by atoms with Gasteiger partial charge in [-0.25, -0.2) is 0 Å². The average molecular weight is 183 g/mol. The van der Waals surface area contributed by atoms with Gasteiger partial charge in [0, 0.05) is 12.1 Å². The molecule has 0 aromatic carbocycles. The van der Waals surface area contributed by atoms with Crippen molar-refractivity contribution in [1.29, 1.82) is 0 Å². The molecule has 0 unspecified atom stereocenters. The second kappa shape index (κ2) is 6.85. The Hall–Kier alpha value is 0.170. The van der Waals surface area contributed by atoms with Gasteiger partial charge >= 0.3 is 0 Å². The zero-order valence-corrected chi connectivity index (χ0v) is 8.08. The van der Waals surface area contributed by atoms with Gasteiger partial charge in [0.25, 0.3) is 0 Å². The van der Waals surface area contributed by atoms with Crippen molar-refractivity contribution in [3.63, 3.8) is 0 Å². The average Bonchev–Trinajstić information content (AvgIpc) is 1.89. The standard InChI is InChI=1S/C7H18N2O.ClH/c1-7(2,9-8)5-3-4-6-10;/h9-10H,3-6,8H2,1-2H3;1H. The summed E-state index contributed by atoms with van der Waals surface area (Å²) in [4.78, 5) is 0. The summed E-state index contributed by atoms with van der Waals surface area (Å²) < 4.78 is 0. The molecule has 0 aliphatic heterocycles. The van der Waals surface area contributed by atoms with E-state index in [1.807, 2.05) is 13.8 Å². The van der Waals surface area contributed by atoms with Crippen molar-refractivity contribution < 1.29 is 5.11 Å². The van der Waals surface area contributed by atoms with Crippen LogP contribution in [0.4, 0.5) is 0 Å². The largest absolute Gasteiger partial charge is 0.396 e. The van der Waals surface area contributed by atoms with Crippen LogP contribution in [0.1, 0.15) is 33.1 Å². The van der Waals surface area contributed by atoms with Crippen LogP contribution in [0, 0.1) is 0 Å². The molecule has 70 valence electrons. The molecular formula is C7H19ClN2O. The molecule has 0 saturated carbocycles. The number of hydrazine groups is 1. The fraction of sp³-hybridized carbons (Fsp3) is 1.00. The first-order chi connectivity index (χ1) is 4.62. The summed E-state index contributed by atoms with van der Waals surface area (Å²) in [5.74, 6) is 5.28. The molecule has 0 fully saturated rings. The fourth-order valence-electron chi connectivity index (χ4n) is 0.751. The molecule has 0 amide bonds. The zero-order valence-electron chi connectivity index (χ0n) is 7.26. The van der Waals surface area contributed by atoms with Gasteiger partial charge in [-0.05, 0) is 33.1 Å². The molecule has 0 radical (unpaired) electrons. The van der Waals surface area contributed by atoms with Gasteiger partial charge in [-0.1, -0.05) is 0 Å². The minimum Gasteiger partial charge on any atom is -0.396 e. The van der Waals surface area contributed by atoms with Crippen LogP contribution in [-0.2, 0) is 0 Å². The summed E-state index contributed by atoms with van der Waals surface area (Å²) in [5, 5.41) is 8.48. The van der Waals surface area contributed by atoms with Crippen LogP contribution >= 0.6 is 12.4 Å². The van der Waals surface area contributed by atoms with E-state index in [4.69, 9.17) is 10.9 Å². The predicted octanol–water partition coefficient (Wildman–Crippen LogP) is 0.813. The second-order valence-corrected chi connectivity index (χ2v) is 3.21. The molecule has 0 aromatic rings. The van der Waals surface area contributed by atoms with E-state index in [0.29, 0.717) is 0 Å². The molecule has 11 heavy (non-hydrogen) atoms. The molecule has 0 bridgehead atoms. The lowest BCUT2D eigenvalue weighted by Gasteiger charge is -2.22. The number of nitrogens with two attached hydrogens (primary N) is 1. The number of aliphatic hydroxyl groups is 1. The van der Waals surface area contributed by atoms with Gasteiger partial charge in [-0.3, -0.25) is 11.3 Å². The molecule has 4 N–H and O–H groups in total. The molecule has 0 heterocycles. The number of nitrogens with one attached hydrogen (secondary N) is 1. The minimum atomic E-state index is 0. The van der Waals surface area contributed by atoms with E-state index in [1.165, 1.54) is 0 Å². The first-order valence-corrected chi connectivity index (χ1v) is 3.71. The number of aliphatic hydroxyl groups excluding tert-OH is 1. The molecule has 3 nitrogen and oxygen atoms in total. The van der Waals surface area contributed by atoms with E-state index < -0.39 is 0 Å². The van der Waals surface area contributed by atoms with Crippen molar-refractivity contribution in [2.45, 2.75) is 38.6 Å². The Morgan fingerprint density at radius 1 is 1.36 bits per heavy atom. The number of halogens is 1. The van der Waals surface area contributed by atoms with Crippen molar-refractivity contribution in [3.8, 4) is 0 Å². The molecular weight excluding hydrogens is 164 g/mol. The lowest BCUT2D eigenvalue weighted by molar-refractivity contribution is 0.269. The first-order valence-electron chi connectivity index (χ1n) is 3.71. The summed E-state index contributed by atoms with van der Waals surface area (Å²) in [5.41, 5.74) is 2.73. The summed E-state index contributed by atoms with van der Waals surface area (Å²) in [7, 11) is 0. The Morgan fingerprint density at radius 2 is 1.91 bits per heavy atom.